The van der Waals surface area contributed by atoms with Crippen LogP contribution in [0.1, 0.15) is 70.4 Å². The van der Waals surface area contributed by atoms with Crippen LogP contribution in [0.2, 0.25) is 0 Å². The van der Waals surface area contributed by atoms with E-state index in [-0.39, 0.29) is 4.87 Å². The zero-order chi connectivity index (χ0) is 15.4. The molecular weight excluding hydrogens is 280 g/mol. The summed E-state index contributed by atoms with van der Waals surface area (Å²) in [5, 5.41) is 0. The van der Waals surface area contributed by atoms with Crippen molar-refractivity contribution in [2.24, 2.45) is 10.8 Å². The predicted octanol–water partition coefficient (Wildman–Crippen LogP) is 3.96. The second-order valence-electron chi connectivity index (χ2n) is 8.62. The van der Waals surface area contributed by atoms with Gasteiger partial charge in [-0.05, 0) is 36.0 Å². The molecule has 4 heteroatoms. The highest BCUT2D eigenvalue weighted by Gasteiger charge is 2.49. The van der Waals surface area contributed by atoms with E-state index in [0.717, 1.165) is 12.2 Å². The van der Waals surface area contributed by atoms with Crippen molar-refractivity contribution in [3.8, 4) is 0 Å². The third-order valence-electron chi connectivity index (χ3n) is 5.20. The predicted molar refractivity (Wildman–Crippen MR) is 89.0 cm³/mol. The summed E-state index contributed by atoms with van der Waals surface area (Å²) in [7, 11) is 0. The van der Waals surface area contributed by atoms with Gasteiger partial charge in [-0.1, -0.05) is 46.0 Å². The van der Waals surface area contributed by atoms with Crippen LogP contribution in [0.5, 0.6) is 0 Å². The number of hydrogen-bond acceptors (Lipinski definition) is 3. The molecule has 118 valence electrons. The largest absolute Gasteiger partial charge is 0.316 e. The first-order chi connectivity index (χ1) is 9.67. The fraction of sp³-hybridized carbons (Fsp3) is 0.824. The fourth-order valence-corrected chi connectivity index (χ4v) is 5.91. The van der Waals surface area contributed by atoms with E-state index in [2.05, 4.69) is 44.5 Å². The van der Waals surface area contributed by atoms with Crippen LogP contribution in [0.3, 0.4) is 0 Å². The fourth-order valence-electron chi connectivity index (χ4n) is 4.90. The standard InChI is InChI=1S/C17H28N2OS/c1-11(2)14-13(21-15(20)18-14)8-19-10-17(5)7-12(19)6-16(3,4)9-17/h11-12H,6-10H2,1-5H3,(H,18,20). The molecule has 1 aromatic heterocycles. The van der Waals surface area contributed by atoms with E-state index >= 15 is 0 Å². The van der Waals surface area contributed by atoms with E-state index in [4.69, 9.17) is 0 Å². The van der Waals surface area contributed by atoms with E-state index in [1.54, 1.807) is 0 Å². The van der Waals surface area contributed by atoms with Gasteiger partial charge in [0.25, 0.3) is 0 Å². The number of likely N-dealkylation sites (tertiary alicyclic amines) is 1. The zero-order valence-corrected chi connectivity index (χ0v) is 14.8. The number of aromatic nitrogens is 1. The van der Waals surface area contributed by atoms with E-state index < -0.39 is 0 Å². The monoisotopic (exact) mass is 308 g/mol. The molecule has 2 bridgehead atoms. The van der Waals surface area contributed by atoms with E-state index in [1.165, 1.54) is 42.0 Å². The van der Waals surface area contributed by atoms with Crippen molar-refractivity contribution in [3.05, 3.63) is 20.2 Å². The highest BCUT2D eigenvalue weighted by molar-refractivity contribution is 7.09. The van der Waals surface area contributed by atoms with Crippen molar-refractivity contribution >= 4 is 11.3 Å². The molecule has 1 saturated heterocycles. The average Bonchev–Trinajstić information content (AvgIpc) is 2.76. The van der Waals surface area contributed by atoms with Crippen molar-refractivity contribution in [1.82, 2.24) is 9.88 Å². The van der Waals surface area contributed by atoms with Gasteiger partial charge >= 0.3 is 4.87 Å². The van der Waals surface area contributed by atoms with Gasteiger partial charge in [0, 0.05) is 29.7 Å². The van der Waals surface area contributed by atoms with Gasteiger partial charge in [0.05, 0.1) is 0 Å². The second-order valence-corrected chi connectivity index (χ2v) is 9.69. The molecule has 1 aliphatic heterocycles. The Bertz CT molecular complexity index is 586. The molecule has 0 spiro atoms. The van der Waals surface area contributed by atoms with Crippen molar-refractivity contribution < 1.29 is 0 Å². The Hall–Kier alpha value is -0.610. The van der Waals surface area contributed by atoms with E-state index in [9.17, 15) is 4.79 Å². The molecule has 2 atom stereocenters. The first kappa shape index (κ1) is 15.3. The molecular formula is C17H28N2OS. The molecule has 1 saturated carbocycles. The maximum atomic E-state index is 11.7. The van der Waals surface area contributed by atoms with E-state index in [0.29, 0.717) is 22.8 Å². The summed E-state index contributed by atoms with van der Waals surface area (Å²) >= 11 is 1.41. The molecule has 0 aromatic carbocycles. The lowest BCUT2D eigenvalue weighted by Crippen LogP contribution is -2.34. The number of rotatable bonds is 3. The van der Waals surface area contributed by atoms with Gasteiger partial charge in [0.2, 0.25) is 0 Å². The molecule has 3 nitrogen and oxygen atoms in total. The van der Waals surface area contributed by atoms with Crippen LogP contribution in [0.15, 0.2) is 4.79 Å². The number of nitrogens with one attached hydrogen (secondary N) is 1. The number of H-pyrrole nitrogens is 1. The van der Waals surface area contributed by atoms with Crippen LogP contribution in [0.25, 0.3) is 0 Å². The second kappa shape index (κ2) is 4.95. The number of thiazole rings is 1. The Morgan fingerprint density at radius 1 is 1.33 bits per heavy atom. The van der Waals surface area contributed by atoms with Gasteiger partial charge < -0.3 is 4.98 Å². The lowest BCUT2D eigenvalue weighted by atomic mass is 9.65. The number of hydrogen-bond donors (Lipinski definition) is 1. The topological polar surface area (TPSA) is 36.1 Å². The van der Waals surface area contributed by atoms with Gasteiger partial charge in [0.15, 0.2) is 0 Å². The first-order valence-electron chi connectivity index (χ1n) is 8.13. The van der Waals surface area contributed by atoms with Crippen LogP contribution in [0, 0.1) is 10.8 Å². The van der Waals surface area contributed by atoms with Crippen molar-refractivity contribution in [3.63, 3.8) is 0 Å². The molecule has 2 fully saturated rings. The van der Waals surface area contributed by atoms with Gasteiger partial charge in [-0.15, -0.1) is 0 Å². The molecule has 0 amide bonds. The minimum absolute atomic E-state index is 0.0995. The third-order valence-corrected chi connectivity index (χ3v) is 6.08. The molecule has 1 aliphatic carbocycles. The van der Waals surface area contributed by atoms with E-state index in [1.807, 2.05) is 0 Å². The molecule has 1 aromatic rings. The van der Waals surface area contributed by atoms with Crippen molar-refractivity contribution in [1.29, 1.82) is 0 Å². The Kier molecular flexibility index (Phi) is 3.61. The summed E-state index contributed by atoms with van der Waals surface area (Å²) in [5.74, 6) is 0.396. The van der Waals surface area contributed by atoms with Crippen LogP contribution in [0.4, 0.5) is 0 Å². The van der Waals surface area contributed by atoms with Gasteiger partial charge in [-0.2, -0.15) is 0 Å². The Balaban J connectivity index is 1.82. The van der Waals surface area contributed by atoms with Crippen LogP contribution >= 0.6 is 11.3 Å². The maximum absolute atomic E-state index is 11.7. The molecule has 21 heavy (non-hydrogen) atoms. The van der Waals surface area contributed by atoms with Gasteiger partial charge in [-0.25, -0.2) is 0 Å². The molecule has 2 unspecified atom stereocenters. The lowest BCUT2D eigenvalue weighted by Gasteiger charge is -2.39. The zero-order valence-electron chi connectivity index (χ0n) is 14.0. The number of nitrogens with zero attached hydrogens (tertiary/aromatic N) is 1. The molecule has 0 radical (unpaired) electrons. The molecule has 3 rings (SSSR count). The third kappa shape index (κ3) is 2.98. The SMILES string of the molecule is CC(C)c1[nH]c(=O)sc1CN1CC2(C)CC1CC(C)(C)C2. The van der Waals surface area contributed by atoms with Crippen molar-refractivity contribution in [2.75, 3.05) is 6.54 Å². The first-order valence-corrected chi connectivity index (χ1v) is 8.95. The summed E-state index contributed by atoms with van der Waals surface area (Å²) in [4.78, 5) is 18.8. The highest BCUT2D eigenvalue weighted by atomic mass is 32.1. The quantitative estimate of drug-likeness (QED) is 0.917. The van der Waals surface area contributed by atoms with Gasteiger partial charge in [0.1, 0.15) is 0 Å². The van der Waals surface area contributed by atoms with Crippen LogP contribution < -0.4 is 4.87 Å². The summed E-state index contributed by atoms with van der Waals surface area (Å²) in [6.45, 7) is 13.7. The van der Waals surface area contributed by atoms with Gasteiger partial charge in [-0.3, -0.25) is 9.69 Å². The lowest BCUT2D eigenvalue weighted by molar-refractivity contribution is 0.126. The minimum Gasteiger partial charge on any atom is -0.316 e. The minimum atomic E-state index is 0.0995. The molecule has 2 aliphatic rings. The Morgan fingerprint density at radius 2 is 2.05 bits per heavy atom. The van der Waals surface area contributed by atoms with Crippen LogP contribution in [-0.4, -0.2) is 22.5 Å². The average molecular weight is 308 g/mol. The Morgan fingerprint density at radius 3 is 2.71 bits per heavy atom. The Labute approximate surface area is 131 Å². The molecule has 1 N–H and O–H groups in total. The molecule has 2 heterocycles. The summed E-state index contributed by atoms with van der Waals surface area (Å²) in [6.07, 6.45) is 3.94. The summed E-state index contributed by atoms with van der Waals surface area (Å²) in [5.41, 5.74) is 2.07. The summed E-state index contributed by atoms with van der Waals surface area (Å²) in [6, 6.07) is 0.691. The normalized spacial score (nSPS) is 32.0. The van der Waals surface area contributed by atoms with Crippen LogP contribution in [-0.2, 0) is 6.54 Å². The number of aromatic amines is 1. The number of fused-ring (bicyclic) bond motifs is 2. The highest BCUT2D eigenvalue weighted by Crippen LogP contribution is 2.52. The van der Waals surface area contributed by atoms with Crippen molar-refractivity contribution in [2.45, 2.75) is 72.4 Å². The summed E-state index contributed by atoms with van der Waals surface area (Å²) < 4.78 is 0. The smallest absolute Gasteiger partial charge is 0.304 e. The maximum Gasteiger partial charge on any atom is 0.304 e.